The molecular formula is C5H5NO. The van der Waals surface area contributed by atoms with E-state index < -0.39 is 0 Å². The first kappa shape index (κ1) is 4.12. The zero-order chi connectivity index (χ0) is 5.28. The number of nitrogens with two attached hydrogens (primary N) is 1. The maximum atomic E-state index is 10.2. The molecule has 0 aromatic heterocycles. The number of ketones is 1. The summed E-state index contributed by atoms with van der Waals surface area (Å²) in [5.74, 6) is -0.0162. The molecule has 0 atom stereocenters. The number of carbonyl (C=O) groups is 1. The van der Waals surface area contributed by atoms with Crippen LogP contribution in [0.1, 0.15) is 0 Å². The highest BCUT2D eigenvalue weighted by Crippen LogP contribution is 1.96. The molecule has 0 saturated heterocycles. The highest BCUT2D eigenvalue weighted by atomic mass is 16.1. The van der Waals surface area contributed by atoms with Crippen molar-refractivity contribution in [3.8, 4) is 0 Å². The van der Waals surface area contributed by atoms with Gasteiger partial charge in [0.2, 0.25) is 0 Å². The molecule has 1 aliphatic rings. The van der Waals surface area contributed by atoms with Crippen molar-refractivity contribution in [1.29, 1.82) is 0 Å². The van der Waals surface area contributed by atoms with Crippen molar-refractivity contribution >= 4 is 5.78 Å². The van der Waals surface area contributed by atoms with Gasteiger partial charge in [-0.05, 0) is 12.2 Å². The predicted octanol–water partition coefficient (Wildman–Crippen LogP) is -0.0321. The molecule has 0 aliphatic heterocycles. The Hall–Kier alpha value is -1.05. The molecular weight excluding hydrogens is 90.1 g/mol. The average molecular weight is 95.1 g/mol. The van der Waals surface area contributed by atoms with E-state index >= 15 is 0 Å². The van der Waals surface area contributed by atoms with E-state index in [9.17, 15) is 4.79 Å². The minimum Gasteiger partial charge on any atom is -0.399 e. The van der Waals surface area contributed by atoms with Crippen molar-refractivity contribution in [2.45, 2.75) is 0 Å². The van der Waals surface area contributed by atoms with Gasteiger partial charge in [-0.2, -0.15) is 0 Å². The van der Waals surface area contributed by atoms with E-state index in [4.69, 9.17) is 5.73 Å². The second-order valence-electron chi connectivity index (χ2n) is 1.38. The predicted molar refractivity (Wildman–Crippen MR) is 26.4 cm³/mol. The Morgan fingerprint density at radius 3 is 2.29 bits per heavy atom. The molecule has 0 fully saturated rings. The van der Waals surface area contributed by atoms with Crippen molar-refractivity contribution in [2.75, 3.05) is 0 Å². The number of carbonyl (C=O) groups excluding carboxylic acids is 1. The van der Waals surface area contributed by atoms with Crippen molar-refractivity contribution in [2.24, 2.45) is 5.73 Å². The lowest BCUT2D eigenvalue weighted by molar-refractivity contribution is -0.110. The number of hydrogen-bond acceptors (Lipinski definition) is 2. The van der Waals surface area contributed by atoms with Gasteiger partial charge in [0.25, 0.3) is 0 Å². The largest absolute Gasteiger partial charge is 0.399 e. The van der Waals surface area contributed by atoms with Crippen LogP contribution in [-0.4, -0.2) is 5.78 Å². The van der Waals surface area contributed by atoms with Gasteiger partial charge in [0, 0.05) is 11.8 Å². The molecule has 1 aliphatic carbocycles. The third kappa shape index (κ3) is 0.682. The summed E-state index contributed by atoms with van der Waals surface area (Å²) in [5.41, 5.74) is 5.72. The Bertz CT molecular complexity index is 155. The molecule has 2 N–H and O–H groups in total. The molecule has 0 spiro atoms. The Morgan fingerprint density at radius 2 is 2.14 bits per heavy atom. The number of hydrogen-bond donors (Lipinski definition) is 1. The van der Waals surface area contributed by atoms with Crippen LogP contribution in [0.4, 0.5) is 0 Å². The van der Waals surface area contributed by atoms with E-state index in [0.717, 1.165) is 0 Å². The molecule has 0 saturated carbocycles. The summed E-state index contributed by atoms with van der Waals surface area (Å²) in [5, 5.41) is 0. The summed E-state index contributed by atoms with van der Waals surface area (Å²) in [6.07, 6.45) is 4.41. The first-order valence-electron chi connectivity index (χ1n) is 1.98. The molecule has 0 heterocycles. The third-order valence-corrected chi connectivity index (χ3v) is 0.749. The van der Waals surface area contributed by atoms with Gasteiger partial charge in [-0.1, -0.05) is 0 Å². The molecule has 36 valence electrons. The van der Waals surface area contributed by atoms with Crippen LogP contribution in [0.15, 0.2) is 23.9 Å². The lowest BCUT2D eigenvalue weighted by atomic mass is 10.4. The fourth-order valence-corrected chi connectivity index (χ4v) is 0.439. The van der Waals surface area contributed by atoms with E-state index in [-0.39, 0.29) is 5.78 Å². The van der Waals surface area contributed by atoms with Crippen LogP contribution >= 0.6 is 0 Å². The van der Waals surface area contributed by atoms with Gasteiger partial charge in [-0.15, -0.1) is 0 Å². The van der Waals surface area contributed by atoms with E-state index in [1.165, 1.54) is 12.2 Å². The van der Waals surface area contributed by atoms with Crippen LogP contribution < -0.4 is 5.73 Å². The highest BCUT2D eigenvalue weighted by molar-refractivity contribution is 6.02. The topological polar surface area (TPSA) is 43.1 Å². The molecule has 2 nitrogen and oxygen atoms in total. The van der Waals surface area contributed by atoms with E-state index in [0.29, 0.717) is 5.70 Å². The minimum absolute atomic E-state index is 0.0162. The van der Waals surface area contributed by atoms with Gasteiger partial charge >= 0.3 is 0 Å². The Kier molecular flexibility index (Phi) is 0.719. The number of rotatable bonds is 0. The van der Waals surface area contributed by atoms with Gasteiger partial charge < -0.3 is 5.73 Å². The number of allylic oxidation sites excluding steroid dienone is 3. The molecule has 0 unspecified atom stereocenters. The zero-order valence-electron chi connectivity index (χ0n) is 3.72. The highest BCUT2D eigenvalue weighted by Gasteiger charge is 1.97. The van der Waals surface area contributed by atoms with Gasteiger partial charge in [-0.3, -0.25) is 4.79 Å². The molecule has 0 amide bonds. The van der Waals surface area contributed by atoms with Crippen molar-refractivity contribution in [3.05, 3.63) is 23.9 Å². The second kappa shape index (κ2) is 1.22. The maximum Gasteiger partial charge on any atom is 0.180 e. The van der Waals surface area contributed by atoms with Crippen molar-refractivity contribution in [1.82, 2.24) is 0 Å². The summed E-state index contributed by atoms with van der Waals surface area (Å²) in [7, 11) is 0. The van der Waals surface area contributed by atoms with Crippen molar-refractivity contribution in [3.63, 3.8) is 0 Å². The Labute approximate surface area is 41.3 Å². The molecule has 7 heavy (non-hydrogen) atoms. The van der Waals surface area contributed by atoms with Crippen LogP contribution in [0, 0.1) is 0 Å². The summed E-state index contributed by atoms with van der Waals surface area (Å²) in [4.78, 5) is 10.2. The van der Waals surface area contributed by atoms with Crippen LogP contribution in [-0.2, 0) is 4.79 Å². The summed E-state index contributed by atoms with van der Waals surface area (Å²) >= 11 is 0. The standard InChI is InChI=1S/C5H5NO/c6-4-1-2-5(7)3-4/h1-3H,6H2. The lowest BCUT2D eigenvalue weighted by Crippen LogP contribution is -1.89. The molecule has 1 rings (SSSR count). The smallest absolute Gasteiger partial charge is 0.180 e. The first-order chi connectivity index (χ1) is 3.29. The van der Waals surface area contributed by atoms with E-state index in [1.54, 1.807) is 6.08 Å². The van der Waals surface area contributed by atoms with E-state index in [2.05, 4.69) is 0 Å². The fourth-order valence-electron chi connectivity index (χ4n) is 0.439. The second-order valence-corrected chi connectivity index (χ2v) is 1.38. The monoisotopic (exact) mass is 95.0 g/mol. The SMILES string of the molecule is NC1=CC(=O)C=C1. The quantitative estimate of drug-likeness (QED) is 0.459. The zero-order valence-corrected chi connectivity index (χ0v) is 3.72. The summed E-state index contributed by atoms with van der Waals surface area (Å²) in [6, 6.07) is 0. The summed E-state index contributed by atoms with van der Waals surface area (Å²) in [6.45, 7) is 0. The Morgan fingerprint density at radius 1 is 1.43 bits per heavy atom. The van der Waals surface area contributed by atoms with Gasteiger partial charge in [0.15, 0.2) is 5.78 Å². The normalized spacial score (nSPS) is 17.7. The van der Waals surface area contributed by atoms with Crippen LogP contribution in [0.2, 0.25) is 0 Å². The molecule has 0 aromatic carbocycles. The summed E-state index contributed by atoms with van der Waals surface area (Å²) < 4.78 is 0. The minimum atomic E-state index is -0.0162. The van der Waals surface area contributed by atoms with Crippen LogP contribution in [0.3, 0.4) is 0 Å². The third-order valence-electron chi connectivity index (χ3n) is 0.749. The van der Waals surface area contributed by atoms with Crippen LogP contribution in [0.25, 0.3) is 0 Å². The van der Waals surface area contributed by atoms with Gasteiger partial charge in [0.05, 0.1) is 0 Å². The average Bonchev–Trinajstić information content (AvgIpc) is 1.87. The molecule has 2 heteroatoms. The van der Waals surface area contributed by atoms with Crippen LogP contribution in [0.5, 0.6) is 0 Å². The molecule has 0 aromatic rings. The fraction of sp³-hybridized carbons (Fsp3) is 0. The first-order valence-corrected chi connectivity index (χ1v) is 1.98. The van der Waals surface area contributed by atoms with Crippen molar-refractivity contribution < 1.29 is 4.79 Å². The maximum absolute atomic E-state index is 10.2. The molecule has 0 bridgehead atoms. The van der Waals surface area contributed by atoms with Gasteiger partial charge in [-0.25, -0.2) is 0 Å². The van der Waals surface area contributed by atoms with E-state index in [1.807, 2.05) is 0 Å². The van der Waals surface area contributed by atoms with Gasteiger partial charge in [0.1, 0.15) is 0 Å². The lowest BCUT2D eigenvalue weighted by Gasteiger charge is -1.74. The Balaban J connectivity index is 2.88. The molecule has 0 radical (unpaired) electrons.